The number of nitrogens with one attached hydrogen (secondary N) is 2. The molecule has 2 aliphatic heterocycles. The van der Waals surface area contributed by atoms with Crippen LogP contribution in [0.5, 0.6) is 0 Å². The predicted molar refractivity (Wildman–Crippen MR) is 126 cm³/mol. The number of aryl methyl sites for hydroxylation is 1. The quantitative estimate of drug-likeness (QED) is 0.572. The average Bonchev–Trinajstić information content (AvgIpc) is 3.12. The average molecular weight is 486 g/mol. The van der Waals surface area contributed by atoms with Crippen LogP contribution < -0.4 is 10.0 Å². The van der Waals surface area contributed by atoms with Gasteiger partial charge >= 0.3 is 0 Å². The van der Waals surface area contributed by atoms with Gasteiger partial charge < -0.3 is 5.32 Å². The number of sulfonamides is 2. The number of piperidine rings is 1. The van der Waals surface area contributed by atoms with Crippen molar-refractivity contribution in [3.8, 4) is 0 Å². The Morgan fingerprint density at radius 2 is 1.67 bits per heavy atom. The van der Waals surface area contributed by atoms with E-state index in [0.29, 0.717) is 40.7 Å². The van der Waals surface area contributed by atoms with Gasteiger partial charge in [-0.05, 0) is 55.7 Å². The molecule has 33 heavy (non-hydrogen) atoms. The second kappa shape index (κ2) is 7.82. The first-order valence-corrected chi connectivity index (χ1v) is 13.6. The van der Waals surface area contributed by atoms with E-state index in [4.69, 9.17) is 0 Å². The van der Waals surface area contributed by atoms with Crippen LogP contribution >= 0.6 is 0 Å². The molecule has 0 aromatic heterocycles. The first kappa shape index (κ1) is 21.9. The molecule has 1 saturated heterocycles. The van der Waals surface area contributed by atoms with Gasteiger partial charge in [-0.25, -0.2) is 16.8 Å². The van der Waals surface area contributed by atoms with E-state index in [1.165, 1.54) is 16.4 Å². The molecule has 1 fully saturated rings. The topological polar surface area (TPSA) is 113 Å². The number of hydrogen-bond donors (Lipinski definition) is 2. The molecule has 0 spiro atoms. The highest BCUT2D eigenvalue weighted by atomic mass is 32.2. The molecule has 0 radical (unpaired) electrons. The van der Waals surface area contributed by atoms with Gasteiger partial charge in [0.25, 0.3) is 15.9 Å². The van der Waals surface area contributed by atoms with Crippen LogP contribution in [-0.4, -0.2) is 40.1 Å². The SMILES string of the molecule is Cc1ccc(NS(=O)(=O)c2ccc3c4c(cccc24)C(=O)N3)cc1S(=O)(=O)N1CCCCC1. The molecule has 0 bridgehead atoms. The number of amides is 1. The highest BCUT2D eigenvalue weighted by molar-refractivity contribution is 7.93. The summed E-state index contributed by atoms with van der Waals surface area (Å²) in [5.41, 5.74) is 1.70. The fourth-order valence-corrected chi connectivity index (χ4v) is 7.52. The molecular weight excluding hydrogens is 462 g/mol. The van der Waals surface area contributed by atoms with Crippen molar-refractivity contribution in [2.24, 2.45) is 0 Å². The van der Waals surface area contributed by atoms with Crippen LogP contribution in [0, 0.1) is 6.92 Å². The van der Waals surface area contributed by atoms with Crippen molar-refractivity contribution in [1.82, 2.24) is 4.31 Å². The number of hydrogen-bond acceptors (Lipinski definition) is 5. The summed E-state index contributed by atoms with van der Waals surface area (Å²) in [4.78, 5) is 12.3. The minimum absolute atomic E-state index is 0.0145. The summed E-state index contributed by atoms with van der Waals surface area (Å²) in [7, 11) is -7.79. The van der Waals surface area contributed by atoms with E-state index in [9.17, 15) is 21.6 Å². The molecule has 1 amide bonds. The van der Waals surface area contributed by atoms with Crippen LogP contribution in [0.25, 0.3) is 10.8 Å². The van der Waals surface area contributed by atoms with E-state index in [0.717, 1.165) is 19.3 Å². The van der Waals surface area contributed by atoms with E-state index in [1.807, 2.05) is 0 Å². The zero-order valence-electron chi connectivity index (χ0n) is 18.0. The van der Waals surface area contributed by atoms with Crippen molar-refractivity contribution in [3.05, 3.63) is 59.7 Å². The molecule has 3 aromatic carbocycles. The van der Waals surface area contributed by atoms with Crippen molar-refractivity contribution in [2.75, 3.05) is 23.1 Å². The summed E-state index contributed by atoms with van der Waals surface area (Å²) in [6.07, 6.45) is 2.63. The summed E-state index contributed by atoms with van der Waals surface area (Å²) in [5, 5.41) is 3.71. The molecule has 2 aliphatic rings. The van der Waals surface area contributed by atoms with Crippen molar-refractivity contribution in [2.45, 2.75) is 36.0 Å². The Hall–Kier alpha value is -2.95. The fraction of sp³-hybridized carbons (Fsp3) is 0.261. The Labute approximate surface area is 192 Å². The summed E-state index contributed by atoms with van der Waals surface area (Å²) < 4.78 is 57.0. The van der Waals surface area contributed by atoms with Gasteiger partial charge in [0, 0.05) is 35.1 Å². The Kier molecular flexibility index (Phi) is 5.19. The molecule has 2 heterocycles. The number of nitrogens with zero attached hydrogens (tertiary/aromatic N) is 1. The van der Waals surface area contributed by atoms with Gasteiger partial charge in [-0.1, -0.05) is 24.6 Å². The van der Waals surface area contributed by atoms with E-state index in [2.05, 4.69) is 10.0 Å². The first-order chi connectivity index (χ1) is 15.7. The minimum Gasteiger partial charge on any atom is -0.321 e. The fourth-order valence-electron chi connectivity index (χ4n) is 4.49. The number of anilines is 2. The predicted octanol–water partition coefficient (Wildman–Crippen LogP) is 3.69. The number of carbonyl (C=O) groups excluding carboxylic acids is 1. The minimum atomic E-state index is -4.06. The van der Waals surface area contributed by atoms with Crippen molar-refractivity contribution in [3.63, 3.8) is 0 Å². The van der Waals surface area contributed by atoms with Crippen LogP contribution in [0.1, 0.15) is 35.2 Å². The largest absolute Gasteiger partial charge is 0.321 e. The normalized spacial score (nSPS) is 16.7. The lowest BCUT2D eigenvalue weighted by Gasteiger charge is -2.26. The van der Waals surface area contributed by atoms with Crippen LogP contribution in [0.3, 0.4) is 0 Å². The van der Waals surface area contributed by atoms with Crippen LogP contribution in [0.2, 0.25) is 0 Å². The van der Waals surface area contributed by atoms with E-state index < -0.39 is 20.0 Å². The van der Waals surface area contributed by atoms with Crippen molar-refractivity contribution >= 4 is 48.1 Å². The molecule has 0 saturated carbocycles. The lowest BCUT2D eigenvalue weighted by atomic mass is 10.1. The Morgan fingerprint density at radius 3 is 2.42 bits per heavy atom. The summed E-state index contributed by atoms with van der Waals surface area (Å²) in [5.74, 6) is -0.274. The monoisotopic (exact) mass is 485 g/mol. The molecule has 0 aliphatic carbocycles. The van der Waals surface area contributed by atoms with Gasteiger partial charge in [-0.3, -0.25) is 9.52 Å². The second-order valence-corrected chi connectivity index (χ2v) is 11.9. The Bertz CT molecular complexity index is 1510. The Balaban J connectivity index is 1.54. The first-order valence-electron chi connectivity index (χ1n) is 10.7. The highest BCUT2D eigenvalue weighted by Crippen LogP contribution is 2.37. The molecule has 8 nitrogen and oxygen atoms in total. The number of benzene rings is 3. The van der Waals surface area contributed by atoms with Crippen molar-refractivity contribution < 1.29 is 21.6 Å². The van der Waals surface area contributed by atoms with E-state index >= 15 is 0 Å². The Morgan fingerprint density at radius 1 is 0.909 bits per heavy atom. The van der Waals surface area contributed by atoms with Gasteiger partial charge in [0.1, 0.15) is 0 Å². The standard InChI is InChI=1S/C23H23N3O5S2/c1-15-8-9-16(14-21(15)33(30,31)26-12-3-2-4-13-26)25-32(28,29)20-11-10-19-22-17(20)6-5-7-18(22)23(27)24-19/h5-11,14,25H,2-4,12-13H2,1H3,(H,24,27). The third kappa shape index (κ3) is 3.68. The van der Waals surface area contributed by atoms with Crippen LogP contribution in [0.4, 0.5) is 11.4 Å². The smallest absolute Gasteiger partial charge is 0.262 e. The van der Waals surface area contributed by atoms with Gasteiger partial charge in [-0.2, -0.15) is 4.31 Å². The third-order valence-electron chi connectivity index (χ3n) is 6.16. The molecule has 172 valence electrons. The van der Waals surface area contributed by atoms with Crippen LogP contribution in [-0.2, 0) is 20.0 Å². The molecule has 2 N–H and O–H groups in total. The lowest BCUT2D eigenvalue weighted by molar-refractivity contribution is 0.103. The highest BCUT2D eigenvalue weighted by Gasteiger charge is 2.29. The summed E-state index contributed by atoms with van der Waals surface area (Å²) in [6.45, 7) is 2.62. The van der Waals surface area contributed by atoms with Gasteiger partial charge in [-0.15, -0.1) is 0 Å². The molecule has 0 unspecified atom stereocenters. The maximum absolute atomic E-state index is 13.3. The number of rotatable bonds is 5. The van der Waals surface area contributed by atoms with Gasteiger partial charge in [0.05, 0.1) is 15.5 Å². The van der Waals surface area contributed by atoms with E-state index in [-0.39, 0.29) is 21.4 Å². The number of carbonyl (C=O) groups is 1. The zero-order chi connectivity index (χ0) is 23.4. The molecular formula is C23H23N3O5S2. The second-order valence-electron chi connectivity index (χ2n) is 8.34. The zero-order valence-corrected chi connectivity index (χ0v) is 19.6. The molecule has 10 heteroatoms. The van der Waals surface area contributed by atoms with Crippen molar-refractivity contribution in [1.29, 1.82) is 0 Å². The van der Waals surface area contributed by atoms with Crippen LogP contribution in [0.15, 0.2) is 58.3 Å². The molecule has 0 atom stereocenters. The summed E-state index contributed by atoms with van der Waals surface area (Å²) >= 11 is 0. The van der Waals surface area contributed by atoms with Gasteiger partial charge in [0.2, 0.25) is 10.0 Å². The summed E-state index contributed by atoms with van der Waals surface area (Å²) in [6, 6.07) is 12.5. The maximum Gasteiger partial charge on any atom is 0.262 e. The molecule has 3 aromatic rings. The van der Waals surface area contributed by atoms with Gasteiger partial charge in [0.15, 0.2) is 0 Å². The van der Waals surface area contributed by atoms with E-state index in [1.54, 1.807) is 43.3 Å². The molecule has 5 rings (SSSR count). The maximum atomic E-state index is 13.3. The lowest BCUT2D eigenvalue weighted by Crippen LogP contribution is -2.36. The third-order valence-corrected chi connectivity index (χ3v) is 9.64.